The molecular weight excluding hydrogens is 110 g/mol. The molecule has 2 N–H and O–H groups in total. The molecule has 0 saturated heterocycles. The molecule has 0 aromatic heterocycles. The van der Waals surface area contributed by atoms with Gasteiger partial charge in [-0.2, -0.15) is 0 Å². The van der Waals surface area contributed by atoms with Gasteiger partial charge in [0.25, 0.3) is 0 Å². The molecule has 0 amide bonds. The molecule has 0 spiro atoms. The second-order valence-electron chi connectivity index (χ2n) is 0. The monoisotopic (exact) mass is 112 g/mol. The van der Waals surface area contributed by atoms with Crippen LogP contribution in [0.4, 0.5) is 0 Å². The smallest absolute Gasteiger partial charge is 2.00 e. The van der Waals surface area contributed by atoms with Crippen molar-refractivity contribution in [2.75, 3.05) is 0 Å². The Bertz CT molecular complexity index is 6.00. The van der Waals surface area contributed by atoms with Gasteiger partial charge in [-0.1, -0.05) is 0 Å². The molecule has 0 aliphatic heterocycles. The Morgan fingerprint density at radius 2 is 1.00 bits per heavy atom. The molecule has 0 aliphatic rings. The summed E-state index contributed by atoms with van der Waals surface area (Å²) >= 11 is 0. The molecule has 0 heterocycles. The summed E-state index contributed by atoms with van der Waals surface area (Å²) in [5.74, 6) is 0. The van der Waals surface area contributed by atoms with Crippen molar-refractivity contribution in [2.45, 2.75) is 0 Å². The van der Waals surface area contributed by atoms with E-state index < -0.39 is 0 Å². The van der Waals surface area contributed by atoms with E-state index in [2.05, 4.69) is 0 Å². The van der Waals surface area contributed by atoms with Crippen molar-refractivity contribution in [3.8, 4) is 0 Å². The molecule has 0 bridgehead atoms. The molecule has 0 aliphatic carbocycles. The van der Waals surface area contributed by atoms with E-state index in [1.165, 1.54) is 0 Å². The maximum Gasteiger partial charge on any atom is 2.00 e. The standard InChI is InChI=1S/Mn.Na.H2O.O/h;;1H2;/q+2;+1;;-2. The third-order valence-electron chi connectivity index (χ3n) is 0. The summed E-state index contributed by atoms with van der Waals surface area (Å²) in [6.07, 6.45) is 0. The maximum atomic E-state index is 0. The summed E-state index contributed by atoms with van der Waals surface area (Å²) in [4.78, 5) is 0. The van der Waals surface area contributed by atoms with Crippen LogP contribution in [0.2, 0.25) is 0 Å². The van der Waals surface area contributed by atoms with Crippen LogP contribution in [0.15, 0.2) is 0 Å². The van der Waals surface area contributed by atoms with Crippen molar-refractivity contribution in [3.63, 3.8) is 0 Å². The average Bonchev–Trinajstić information content (AvgIpc) is 0. The van der Waals surface area contributed by atoms with Crippen LogP contribution >= 0.6 is 0 Å². The Balaban J connectivity index is 0. The molecule has 0 atom stereocenters. The van der Waals surface area contributed by atoms with E-state index in [-0.39, 0.29) is 57.6 Å². The Labute approximate surface area is 57.3 Å². The summed E-state index contributed by atoms with van der Waals surface area (Å²) in [5.41, 5.74) is 0. The van der Waals surface area contributed by atoms with E-state index in [0.717, 1.165) is 0 Å². The van der Waals surface area contributed by atoms with Gasteiger partial charge in [0.1, 0.15) is 0 Å². The zero-order chi connectivity index (χ0) is 0. The number of rotatable bonds is 0. The molecule has 2 nitrogen and oxygen atoms in total. The fourth-order valence-electron chi connectivity index (χ4n) is 0. The third kappa shape index (κ3) is 9.88. The molecule has 0 saturated carbocycles. The predicted molar refractivity (Wildman–Crippen MR) is 4.30 cm³/mol. The molecule has 0 unspecified atom stereocenters. The van der Waals surface area contributed by atoms with Crippen LogP contribution in [0.5, 0.6) is 0 Å². The van der Waals surface area contributed by atoms with Crippen LogP contribution in [0.1, 0.15) is 0 Å². The minimum Gasteiger partial charge on any atom is -2.00 e. The van der Waals surface area contributed by atoms with Gasteiger partial charge in [-0.05, 0) is 0 Å². The van der Waals surface area contributed by atoms with Gasteiger partial charge in [0.05, 0.1) is 0 Å². The minimum absolute atomic E-state index is 0. The van der Waals surface area contributed by atoms with Crippen molar-refractivity contribution in [1.29, 1.82) is 0 Å². The maximum absolute atomic E-state index is 0. The number of hydrogen-bond donors (Lipinski definition) is 0. The molecule has 0 rings (SSSR count). The molecule has 4 heavy (non-hydrogen) atoms. The fraction of sp³-hybridized carbons (Fsp3) is 0. The zero-order valence-electron chi connectivity index (χ0n) is 2.29. The first-order chi connectivity index (χ1) is 0. The van der Waals surface area contributed by atoms with Crippen molar-refractivity contribution >= 4 is 0 Å². The Kier molecular flexibility index (Phi) is 328. The second-order valence-corrected chi connectivity index (χ2v) is 0. The number of hydrogen-bond acceptors (Lipinski definition) is 0. The van der Waals surface area contributed by atoms with Crippen LogP contribution < -0.4 is 29.6 Å². The molecule has 0 aromatic rings. The molecular formula is H2MnNaO2+. The van der Waals surface area contributed by atoms with Gasteiger partial charge >= 0.3 is 46.6 Å². The van der Waals surface area contributed by atoms with Gasteiger partial charge in [0, 0.05) is 0 Å². The van der Waals surface area contributed by atoms with Gasteiger partial charge in [-0.15, -0.1) is 0 Å². The van der Waals surface area contributed by atoms with E-state index in [1.54, 1.807) is 0 Å². The molecule has 21 valence electrons. The van der Waals surface area contributed by atoms with Crippen LogP contribution in [0, 0.1) is 0 Å². The largest absolute Gasteiger partial charge is 2.00 e. The average molecular weight is 112 g/mol. The minimum atomic E-state index is 0. The Morgan fingerprint density at radius 1 is 1.00 bits per heavy atom. The molecule has 1 radical (unpaired) electrons. The molecule has 0 aromatic carbocycles. The van der Waals surface area contributed by atoms with E-state index in [4.69, 9.17) is 0 Å². The van der Waals surface area contributed by atoms with Crippen LogP contribution in [-0.4, -0.2) is 5.48 Å². The Morgan fingerprint density at radius 3 is 1.00 bits per heavy atom. The van der Waals surface area contributed by atoms with Gasteiger partial charge in [0.2, 0.25) is 0 Å². The first-order valence-electron chi connectivity index (χ1n) is 0. The van der Waals surface area contributed by atoms with Gasteiger partial charge < -0.3 is 11.0 Å². The summed E-state index contributed by atoms with van der Waals surface area (Å²) in [7, 11) is 0. The first kappa shape index (κ1) is 51.7. The van der Waals surface area contributed by atoms with Gasteiger partial charge in [-0.25, -0.2) is 0 Å². The summed E-state index contributed by atoms with van der Waals surface area (Å²) in [5, 5.41) is 0. The van der Waals surface area contributed by atoms with Crippen LogP contribution in [-0.2, 0) is 22.5 Å². The Hall–Kier alpha value is 1.44. The van der Waals surface area contributed by atoms with Crippen molar-refractivity contribution < 1.29 is 57.6 Å². The summed E-state index contributed by atoms with van der Waals surface area (Å²) in [6.45, 7) is 0. The third-order valence-corrected chi connectivity index (χ3v) is 0. The van der Waals surface area contributed by atoms with Gasteiger partial charge in [-0.3, -0.25) is 0 Å². The summed E-state index contributed by atoms with van der Waals surface area (Å²) < 4.78 is 0. The van der Waals surface area contributed by atoms with Crippen LogP contribution in [0.25, 0.3) is 0 Å². The summed E-state index contributed by atoms with van der Waals surface area (Å²) in [6, 6.07) is 0. The topological polar surface area (TPSA) is 60.0 Å². The zero-order valence-corrected chi connectivity index (χ0v) is 5.47. The quantitative estimate of drug-likeness (QED) is 0.287. The van der Waals surface area contributed by atoms with E-state index in [0.29, 0.717) is 0 Å². The second kappa shape index (κ2) is 25.3. The SMILES string of the molecule is O.[Mn+2].[Na+].[O-2]. The van der Waals surface area contributed by atoms with Crippen molar-refractivity contribution in [2.24, 2.45) is 0 Å². The van der Waals surface area contributed by atoms with E-state index in [9.17, 15) is 0 Å². The first-order valence-corrected chi connectivity index (χ1v) is 0. The molecule has 0 fully saturated rings. The van der Waals surface area contributed by atoms with Crippen molar-refractivity contribution in [1.82, 2.24) is 0 Å². The fourth-order valence-corrected chi connectivity index (χ4v) is 0. The normalized spacial score (nSPS) is 0. The predicted octanol–water partition coefficient (Wildman–Crippen LogP) is -3.94. The molecule has 4 heteroatoms. The van der Waals surface area contributed by atoms with E-state index in [1.807, 2.05) is 0 Å². The van der Waals surface area contributed by atoms with Gasteiger partial charge in [0.15, 0.2) is 0 Å². The van der Waals surface area contributed by atoms with Crippen LogP contribution in [0.3, 0.4) is 0 Å². The van der Waals surface area contributed by atoms with Crippen molar-refractivity contribution in [3.05, 3.63) is 0 Å². The van der Waals surface area contributed by atoms with E-state index >= 15 is 0 Å².